The number of aryl methyl sites for hydroxylation is 1. The third kappa shape index (κ3) is 3.10. The number of pyridine rings is 1. The monoisotopic (exact) mass is 351 g/mol. The van der Waals surface area contributed by atoms with E-state index in [2.05, 4.69) is 27.0 Å². The summed E-state index contributed by atoms with van der Waals surface area (Å²) in [6, 6.07) is 8.08. The first-order valence-electron chi connectivity index (χ1n) is 6.42. The van der Waals surface area contributed by atoms with E-state index in [1.807, 2.05) is 31.3 Å². The predicted molar refractivity (Wildman–Crippen MR) is 82.8 cm³/mol. The molecule has 1 aromatic carbocycles. The highest BCUT2D eigenvalue weighted by molar-refractivity contribution is 9.10. The van der Waals surface area contributed by atoms with Crippen LogP contribution in [-0.2, 0) is 0 Å². The molecule has 20 heavy (non-hydrogen) atoms. The van der Waals surface area contributed by atoms with Gasteiger partial charge in [0.2, 0.25) is 0 Å². The fourth-order valence-electron chi connectivity index (χ4n) is 1.91. The molecule has 3 rings (SSSR count). The number of rotatable bonds is 2. The molecule has 0 spiro atoms. The summed E-state index contributed by atoms with van der Waals surface area (Å²) in [6.07, 6.45) is 2.79. The Morgan fingerprint density at radius 3 is 2.75 bits per heavy atom. The van der Waals surface area contributed by atoms with Gasteiger partial charge in [-0.2, -0.15) is 0 Å². The van der Waals surface area contributed by atoms with Crippen LogP contribution in [0.1, 0.15) is 12.0 Å². The van der Waals surface area contributed by atoms with E-state index < -0.39 is 0 Å². The molecule has 104 valence electrons. The van der Waals surface area contributed by atoms with Gasteiger partial charge in [-0.05, 0) is 52.7 Å². The van der Waals surface area contributed by atoms with Crippen molar-refractivity contribution in [2.45, 2.75) is 23.3 Å². The normalized spacial score (nSPS) is 13.9. The molecule has 0 radical (unpaired) electrons. The molecule has 0 fully saturated rings. The molecular weight excluding hydrogens is 338 g/mol. The lowest BCUT2D eigenvalue weighted by Crippen LogP contribution is -1.97. The minimum Gasteiger partial charge on any atom is -0.490 e. The van der Waals surface area contributed by atoms with Crippen molar-refractivity contribution in [3.8, 4) is 11.5 Å². The quantitative estimate of drug-likeness (QED) is 0.798. The zero-order valence-electron chi connectivity index (χ0n) is 11.1. The van der Waals surface area contributed by atoms with Crippen molar-refractivity contribution < 1.29 is 9.47 Å². The van der Waals surface area contributed by atoms with Crippen LogP contribution in [0.25, 0.3) is 0 Å². The van der Waals surface area contributed by atoms with Crippen molar-refractivity contribution in [1.29, 1.82) is 0 Å². The number of aromatic nitrogens is 1. The molecule has 1 aliphatic heterocycles. The van der Waals surface area contributed by atoms with E-state index in [4.69, 9.17) is 9.47 Å². The lowest BCUT2D eigenvalue weighted by atomic mass is 10.3. The number of halogens is 1. The smallest absolute Gasteiger partial charge is 0.162 e. The highest BCUT2D eigenvalue weighted by Gasteiger charge is 2.12. The second-order valence-electron chi connectivity index (χ2n) is 4.56. The van der Waals surface area contributed by atoms with Crippen LogP contribution in [0.5, 0.6) is 11.5 Å². The van der Waals surface area contributed by atoms with Crippen LogP contribution in [-0.4, -0.2) is 18.2 Å². The van der Waals surface area contributed by atoms with Gasteiger partial charge >= 0.3 is 0 Å². The number of hydrogen-bond donors (Lipinski definition) is 0. The second kappa shape index (κ2) is 6.06. The lowest BCUT2D eigenvalue weighted by molar-refractivity contribution is 0.297. The van der Waals surface area contributed by atoms with Gasteiger partial charge in [-0.15, -0.1) is 0 Å². The molecule has 0 bridgehead atoms. The summed E-state index contributed by atoms with van der Waals surface area (Å²) in [5.74, 6) is 1.64. The number of benzene rings is 1. The molecule has 0 saturated heterocycles. The van der Waals surface area contributed by atoms with E-state index in [1.165, 1.54) is 0 Å². The average Bonchev–Trinajstić information content (AvgIpc) is 2.66. The molecule has 2 aromatic rings. The standard InChI is InChI=1S/C15H14BrNO2S/c1-10-7-12(16)15(17-9-10)20-11-3-4-13-14(8-11)19-6-2-5-18-13/h3-4,7-9H,2,5-6H2,1H3. The Hall–Kier alpha value is -1.20. The Kier molecular flexibility index (Phi) is 4.17. The maximum Gasteiger partial charge on any atom is 0.162 e. The van der Waals surface area contributed by atoms with Crippen LogP contribution in [0.4, 0.5) is 0 Å². The third-order valence-corrected chi connectivity index (χ3v) is 4.75. The zero-order chi connectivity index (χ0) is 13.9. The fourth-order valence-corrected chi connectivity index (χ4v) is 3.41. The molecule has 0 unspecified atom stereocenters. The number of nitrogens with zero attached hydrogens (tertiary/aromatic N) is 1. The summed E-state index contributed by atoms with van der Waals surface area (Å²) in [4.78, 5) is 5.54. The van der Waals surface area contributed by atoms with Gasteiger partial charge < -0.3 is 9.47 Å². The second-order valence-corrected chi connectivity index (χ2v) is 6.48. The summed E-state index contributed by atoms with van der Waals surface area (Å²) < 4.78 is 12.3. The Morgan fingerprint density at radius 2 is 1.95 bits per heavy atom. The highest BCUT2D eigenvalue weighted by Crippen LogP contribution is 2.38. The number of hydrogen-bond acceptors (Lipinski definition) is 4. The third-order valence-electron chi connectivity index (χ3n) is 2.88. The van der Waals surface area contributed by atoms with Crippen LogP contribution in [0, 0.1) is 6.92 Å². The van der Waals surface area contributed by atoms with Crippen LogP contribution in [0.2, 0.25) is 0 Å². The van der Waals surface area contributed by atoms with Crippen LogP contribution in [0.15, 0.2) is 44.9 Å². The van der Waals surface area contributed by atoms with Crippen molar-refractivity contribution >= 4 is 27.7 Å². The van der Waals surface area contributed by atoms with Gasteiger partial charge in [0.05, 0.1) is 17.7 Å². The van der Waals surface area contributed by atoms with Crippen LogP contribution < -0.4 is 9.47 Å². The van der Waals surface area contributed by atoms with Crippen molar-refractivity contribution in [3.63, 3.8) is 0 Å². The summed E-state index contributed by atoms with van der Waals surface area (Å²) in [5.41, 5.74) is 1.14. The van der Waals surface area contributed by atoms with Gasteiger partial charge in [0.15, 0.2) is 11.5 Å². The summed E-state index contributed by atoms with van der Waals surface area (Å²) in [7, 11) is 0. The summed E-state index contributed by atoms with van der Waals surface area (Å²) in [6.45, 7) is 3.44. The Labute approximate surface area is 130 Å². The SMILES string of the molecule is Cc1cnc(Sc2ccc3c(c2)OCCCO3)c(Br)c1. The summed E-state index contributed by atoms with van der Waals surface area (Å²) in [5, 5.41) is 0.949. The Morgan fingerprint density at radius 1 is 1.15 bits per heavy atom. The maximum absolute atomic E-state index is 5.71. The van der Waals surface area contributed by atoms with E-state index in [9.17, 15) is 0 Å². The molecular formula is C15H14BrNO2S. The molecule has 0 atom stereocenters. The van der Waals surface area contributed by atoms with Gasteiger partial charge in [-0.1, -0.05) is 11.8 Å². The first-order valence-corrected chi connectivity index (χ1v) is 8.03. The van der Waals surface area contributed by atoms with Gasteiger partial charge in [0.1, 0.15) is 5.03 Å². The van der Waals surface area contributed by atoms with Gasteiger partial charge in [0, 0.05) is 17.5 Å². The first kappa shape index (κ1) is 13.8. The van der Waals surface area contributed by atoms with Gasteiger partial charge in [0.25, 0.3) is 0 Å². The number of fused-ring (bicyclic) bond motifs is 1. The molecule has 0 aliphatic carbocycles. The molecule has 0 amide bonds. The van der Waals surface area contributed by atoms with E-state index in [0.29, 0.717) is 13.2 Å². The molecule has 0 saturated carbocycles. The van der Waals surface area contributed by atoms with E-state index in [0.717, 1.165) is 37.9 Å². The fraction of sp³-hybridized carbons (Fsp3) is 0.267. The topological polar surface area (TPSA) is 31.4 Å². The molecule has 3 nitrogen and oxygen atoms in total. The van der Waals surface area contributed by atoms with Crippen LogP contribution >= 0.6 is 27.7 Å². The lowest BCUT2D eigenvalue weighted by Gasteiger charge is -2.09. The van der Waals surface area contributed by atoms with E-state index >= 15 is 0 Å². The van der Waals surface area contributed by atoms with E-state index in [-0.39, 0.29) is 0 Å². The van der Waals surface area contributed by atoms with Crippen LogP contribution in [0.3, 0.4) is 0 Å². The molecule has 2 heterocycles. The maximum atomic E-state index is 5.71. The van der Waals surface area contributed by atoms with Crippen molar-refractivity contribution in [2.75, 3.05) is 13.2 Å². The largest absolute Gasteiger partial charge is 0.490 e. The molecule has 0 N–H and O–H groups in total. The zero-order valence-corrected chi connectivity index (χ0v) is 13.5. The van der Waals surface area contributed by atoms with Crippen molar-refractivity contribution in [3.05, 3.63) is 40.5 Å². The molecule has 5 heteroatoms. The summed E-state index contributed by atoms with van der Waals surface area (Å²) >= 11 is 5.16. The predicted octanol–water partition coefficient (Wildman–Crippen LogP) is 4.47. The molecule has 1 aromatic heterocycles. The van der Waals surface area contributed by atoms with Gasteiger partial charge in [-0.3, -0.25) is 0 Å². The molecule has 1 aliphatic rings. The van der Waals surface area contributed by atoms with Crippen molar-refractivity contribution in [2.24, 2.45) is 0 Å². The average molecular weight is 352 g/mol. The van der Waals surface area contributed by atoms with Gasteiger partial charge in [-0.25, -0.2) is 4.98 Å². The number of ether oxygens (including phenoxy) is 2. The Balaban J connectivity index is 1.86. The highest BCUT2D eigenvalue weighted by atomic mass is 79.9. The minimum atomic E-state index is 0.702. The minimum absolute atomic E-state index is 0.702. The Bertz CT molecular complexity index is 633. The van der Waals surface area contributed by atoms with E-state index in [1.54, 1.807) is 11.8 Å². The van der Waals surface area contributed by atoms with Crippen molar-refractivity contribution in [1.82, 2.24) is 4.98 Å². The first-order chi connectivity index (χ1) is 9.72.